The van der Waals surface area contributed by atoms with Crippen molar-refractivity contribution in [2.45, 2.75) is 33.2 Å². The summed E-state index contributed by atoms with van der Waals surface area (Å²) in [6.07, 6.45) is 1.57. The van der Waals surface area contributed by atoms with Gasteiger partial charge in [-0.3, -0.25) is 4.79 Å². The van der Waals surface area contributed by atoms with Crippen LogP contribution in [-0.2, 0) is 5.54 Å². The molecule has 0 aliphatic heterocycles. The van der Waals surface area contributed by atoms with Crippen molar-refractivity contribution in [2.24, 2.45) is 5.73 Å². The van der Waals surface area contributed by atoms with Crippen LogP contribution in [-0.4, -0.2) is 20.9 Å². The van der Waals surface area contributed by atoms with Gasteiger partial charge in [0, 0.05) is 0 Å². The van der Waals surface area contributed by atoms with E-state index in [-0.39, 0.29) is 22.9 Å². The summed E-state index contributed by atoms with van der Waals surface area (Å²) < 4.78 is 1.49. The fraction of sp³-hybridized carbons (Fsp3) is 0.500. The van der Waals surface area contributed by atoms with Gasteiger partial charge in [-0.15, -0.1) is 5.10 Å². The van der Waals surface area contributed by atoms with Crippen LogP contribution in [0.5, 0.6) is 0 Å². The van der Waals surface area contributed by atoms with Crippen LogP contribution in [0.4, 0.5) is 5.82 Å². The Bertz CT molecular complexity index is 454. The quantitative estimate of drug-likeness (QED) is 0.679. The van der Waals surface area contributed by atoms with Crippen molar-refractivity contribution in [2.75, 3.05) is 5.73 Å². The summed E-state index contributed by atoms with van der Waals surface area (Å²) >= 11 is 0. The number of carbonyl (C=O) groups excluding carboxylic acids is 1. The van der Waals surface area contributed by atoms with E-state index in [1.807, 2.05) is 20.8 Å². The van der Waals surface area contributed by atoms with Crippen LogP contribution in [0, 0.1) is 0 Å². The van der Waals surface area contributed by atoms with Gasteiger partial charge in [0.1, 0.15) is 0 Å². The Hall–Kier alpha value is -2.05. The summed E-state index contributed by atoms with van der Waals surface area (Å²) in [5, 5.41) is 10.1. The summed E-state index contributed by atoms with van der Waals surface area (Å²) in [4.78, 5) is 11.7. The molecule has 5 N–H and O–H groups in total. The maximum Gasteiger partial charge on any atom is 0.281 e. The number of nitrogen functional groups attached to an aromatic ring is 1. The molecule has 0 radical (unpaired) electrons. The van der Waals surface area contributed by atoms with E-state index in [2.05, 4.69) is 15.6 Å². The Morgan fingerprint density at radius 1 is 1.47 bits per heavy atom. The fourth-order valence-electron chi connectivity index (χ4n) is 1.21. The summed E-state index contributed by atoms with van der Waals surface area (Å²) in [5.41, 5.74) is 11.1. The molecule has 0 spiro atoms. The SMILES string of the molecule is C/C=C(/N)NC(=O)c1nnn(C(C)(C)C)c1N. The van der Waals surface area contributed by atoms with Crippen molar-refractivity contribution in [3.63, 3.8) is 0 Å². The number of anilines is 1. The van der Waals surface area contributed by atoms with E-state index < -0.39 is 5.91 Å². The number of aromatic nitrogens is 3. The van der Waals surface area contributed by atoms with Gasteiger partial charge in [-0.05, 0) is 33.8 Å². The van der Waals surface area contributed by atoms with Gasteiger partial charge in [0.2, 0.25) is 0 Å². The molecule has 1 heterocycles. The molecule has 1 aromatic heterocycles. The third-order valence-corrected chi connectivity index (χ3v) is 2.12. The van der Waals surface area contributed by atoms with Gasteiger partial charge in [-0.25, -0.2) is 4.68 Å². The van der Waals surface area contributed by atoms with Crippen LogP contribution in [0.3, 0.4) is 0 Å². The molecule has 7 nitrogen and oxygen atoms in total. The van der Waals surface area contributed by atoms with E-state index in [9.17, 15) is 4.79 Å². The zero-order valence-corrected chi connectivity index (χ0v) is 10.5. The molecule has 1 amide bonds. The molecule has 0 fully saturated rings. The third-order valence-electron chi connectivity index (χ3n) is 2.12. The lowest BCUT2D eigenvalue weighted by Crippen LogP contribution is -2.29. The lowest BCUT2D eigenvalue weighted by molar-refractivity contribution is 0.0961. The van der Waals surface area contributed by atoms with Crippen molar-refractivity contribution in [3.05, 3.63) is 17.6 Å². The van der Waals surface area contributed by atoms with Crippen molar-refractivity contribution < 1.29 is 4.79 Å². The van der Waals surface area contributed by atoms with Crippen LogP contribution >= 0.6 is 0 Å². The minimum atomic E-state index is -0.464. The average Bonchev–Trinajstić information content (AvgIpc) is 2.59. The normalized spacial score (nSPS) is 12.6. The van der Waals surface area contributed by atoms with Crippen LogP contribution < -0.4 is 16.8 Å². The van der Waals surface area contributed by atoms with E-state index in [0.717, 1.165) is 0 Å². The third kappa shape index (κ3) is 2.74. The molecular weight excluding hydrogens is 220 g/mol. The van der Waals surface area contributed by atoms with Gasteiger partial charge < -0.3 is 16.8 Å². The van der Waals surface area contributed by atoms with Gasteiger partial charge in [-0.2, -0.15) is 0 Å². The Morgan fingerprint density at radius 3 is 2.47 bits per heavy atom. The smallest absolute Gasteiger partial charge is 0.281 e. The number of nitrogens with two attached hydrogens (primary N) is 2. The van der Waals surface area contributed by atoms with E-state index in [4.69, 9.17) is 11.5 Å². The lowest BCUT2D eigenvalue weighted by Gasteiger charge is -2.19. The largest absolute Gasteiger partial charge is 0.385 e. The molecule has 0 aliphatic rings. The van der Waals surface area contributed by atoms with Crippen molar-refractivity contribution >= 4 is 11.7 Å². The molecule has 1 rings (SSSR count). The summed E-state index contributed by atoms with van der Waals surface area (Å²) in [6.45, 7) is 7.46. The molecule has 0 atom stereocenters. The summed E-state index contributed by atoms with van der Waals surface area (Å²) in [5.74, 6) is 0.00668. The minimum Gasteiger partial charge on any atom is -0.385 e. The highest BCUT2D eigenvalue weighted by Gasteiger charge is 2.24. The monoisotopic (exact) mass is 238 g/mol. The zero-order valence-electron chi connectivity index (χ0n) is 10.5. The molecule has 17 heavy (non-hydrogen) atoms. The number of carbonyl (C=O) groups is 1. The number of rotatable bonds is 2. The molecule has 0 aliphatic carbocycles. The first-order valence-corrected chi connectivity index (χ1v) is 5.22. The molecule has 0 aromatic carbocycles. The predicted octanol–water partition coefficient (Wildman–Crippen LogP) is 0.165. The van der Waals surface area contributed by atoms with Gasteiger partial charge >= 0.3 is 0 Å². The first kappa shape index (κ1) is 13.0. The van der Waals surface area contributed by atoms with Crippen LogP contribution in [0.15, 0.2) is 11.9 Å². The molecule has 1 aromatic rings. The molecule has 0 saturated heterocycles. The molecule has 0 unspecified atom stereocenters. The number of hydrogen-bond donors (Lipinski definition) is 3. The van der Waals surface area contributed by atoms with Crippen LogP contribution in [0.25, 0.3) is 0 Å². The first-order chi connectivity index (χ1) is 7.77. The van der Waals surface area contributed by atoms with Crippen molar-refractivity contribution in [1.82, 2.24) is 20.3 Å². The van der Waals surface area contributed by atoms with Gasteiger partial charge in [0.15, 0.2) is 11.5 Å². The molecular formula is C10H18N6O. The van der Waals surface area contributed by atoms with Crippen molar-refractivity contribution in [1.29, 1.82) is 0 Å². The maximum atomic E-state index is 11.7. The average molecular weight is 238 g/mol. The number of allylic oxidation sites excluding steroid dienone is 1. The van der Waals surface area contributed by atoms with Gasteiger partial charge in [0.05, 0.1) is 11.4 Å². The number of nitrogens with one attached hydrogen (secondary N) is 1. The standard InChI is InChI=1S/C10H18N6O/c1-5-6(11)13-9(17)7-8(12)16(15-14-7)10(2,3)4/h5H,11-12H2,1-4H3,(H,13,17)/b6-5-. The summed E-state index contributed by atoms with van der Waals surface area (Å²) in [7, 11) is 0. The van der Waals surface area contributed by atoms with E-state index in [1.165, 1.54) is 4.68 Å². The van der Waals surface area contributed by atoms with Gasteiger partial charge in [-0.1, -0.05) is 5.21 Å². The van der Waals surface area contributed by atoms with Crippen LogP contribution in [0.1, 0.15) is 38.2 Å². The maximum absolute atomic E-state index is 11.7. The molecule has 94 valence electrons. The zero-order chi connectivity index (χ0) is 13.2. The first-order valence-electron chi connectivity index (χ1n) is 5.22. The second-order valence-electron chi connectivity index (χ2n) is 4.60. The molecule has 0 bridgehead atoms. The highest BCUT2D eigenvalue weighted by Crippen LogP contribution is 2.18. The minimum absolute atomic E-state index is 0.0738. The fourth-order valence-corrected chi connectivity index (χ4v) is 1.21. The predicted molar refractivity (Wildman–Crippen MR) is 64.8 cm³/mol. The molecule has 7 heteroatoms. The Balaban J connectivity index is 3.02. The molecule has 0 saturated carbocycles. The number of hydrogen-bond acceptors (Lipinski definition) is 5. The van der Waals surface area contributed by atoms with E-state index >= 15 is 0 Å². The van der Waals surface area contributed by atoms with E-state index in [1.54, 1.807) is 13.0 Å². The highest BCUT2D eigenvalue weighted by atomic mass is 16.2. The van der Waals surface area contributed by atoms with E-state index in [0.29, 0.717) is 0 Å². The Morgan fingerprint density at radius 2 is 2.06 bits per heavy atom. The number of nitrogens with zero attached hydrogens (tertiary/aromatic N) is 3. The topological polar surface area (TPSA) is 112 Å². The van der Waals surface area contributed by atoms with Gasteiger partial charge in [0.25, 0.3) is 5.91 Å². The Kier molecular flexibility index (Phi) is 3.40. The summed E-state index contributed by atoms with van der Waals surface area (Å²) in [6, 6.07) is 0. The lowest BCUT2D eigenvalue weighted by atomic mass is 10.1. The Labute approximate surface area is 99.8 Å². The van der Waals surface area contributed by atoms with Crippen LogP contribution in [0.2, 0.25) is 0 Å². The second-order valence-corrected chi connectivity index (χ2v) is 4.60. The van der Waals surface area contributed by atoms with Crippen molar-refractivity contribution in [3.8, 4) is 0 Å². The number of amides is 1. The highest BCUT2D eigenvalue weighted by molar-refractivity contribution is 5.97. The second kappa shape index (κ2) is 4.44.